The molecule has 1 aromatic rings. The molecule has 1 atom stereocenters. The summed E-state index contributed by atoms with van der Waals surface area (Å²) in [5.41, 5.74) is 0.544. The summed E-state index contributed by atoms with van der Waals surface area (Å²) in [6.07, 6.45) is 4.83. The molecule has 1 aromatic carbocycles. The van der Waals surface area contributed by atoms with Crippen LogP contribution in [0.3, 0.4) is 0 Å². The van der Waals surface area contributed by atoms with Gasteiger partial charge in [0.25, 0.3) is 5.91 Å². The summed E-state index contributed by atoms with van der Waals surface area (Å²) < 4.78 is 0. The minimum absolute atomic E-state index is 0.170. The van der Waals surface area contributed by atoms with Gasteiger partial charge in [-0.15, -0.1) is 0 Å². The van der Waals surface area contributed by atoms with Gasteiger partial charge in [0.15, 0.2) is 0 Å². The summed E-state index contributed by atoms with van der Waals surface area (Å²) in [7, 11) is 0. The summed E-state index contributed by atoms with van der Waals surface area (Å²) in [6.45, 7) is 1.99. The number of hydrogen-bond acceptors (Lipinski definition) is 4. The van der Waals surface area contributed by atoms with E-state index >= 15 is 0 Å². The molecule has 1 saturated heterocycles. The lowest BCUT2D eigenvalue weighted by molar-refractivity contribution is -0.127. The number of nitrogens with one attached hydrogen (secondary N) is 2. The molecule has 0 aromatic heterocycles. The van der Waals surface area contributed by atoms with Crippen molar-refractivity contribution >= 4 is 29.5 Å². The Labute approximate surface area is 159 Å². The van der Waals surface area contributed by atoms with Crippen LogP contribution in [0, 0.1) is 0 Å². The first-order valence-corrected chi connectivity index (χ1v) is 10.4. The van der Waals surface area contributed by atoms with E-state index in [1.165, 1.54) is 0 Å². The van der Waals surface area contributed by atoms with Crippen molar-refractivity contribution in [2.75, 3.05) is 31.6 Å². The van der Waals surface area contributed by atoms with Crippen molar-refractivity contribution in [1.82, 2.24) is 15.5 Å². The van der Waals surface area contributed by atoms with Gasteiger partial charge in [0.1, 0.15) is 6.04 Å². The topological polar surface area (TPSA) is 78.5 Å². The van der Waals surface area contributed by atoms with E-state index < -0.39 is 6.04 Å². The molecule has 0 aliphatic carbocycles. The van der Waals surface area contributed by atoms with E-state index in [-0.39, 0.29) is 17.7 Å². The fourth-order valence-corrected chi connectivity index (χ4v) is 3.35. The van der Waals surface area contributed by atoms with E-state index in [0.717, 1.165) is 25.1 Å². The number of amides is 3. The van der Waals surface area contributed by atoms with Gasteiger partial charge >= 0.3 is 0 Å². The van der Waals surface area contributed by atoms with E-state index in [1.54, 1.807) is 36.0 Å². The number of rotatable bonds is 10. The van der Waals surface area contributed by atoms with Crippen molar-refractivity contribution in [3.05, 3.63) is 35.9 Å². The van der Waals surface area contributed by atoms with E-state index in [9.17, 15) is 14.4 Å². The van der Waals surface area contributed by atoms with Gasteiger partial charge in [-0.25, -0.2) is 0 Å². The van der Waals surface area contributed by atoms with Crippen molar-refractivity contribution in [2.45, 2.75) is 31.7 Å². The van der Waals surface area contributed by atoms with E-state index in [1.807, 2.05) is 17.2 Å². The molecule has 0 spiro atoms. The van der Waals surface area contributed by atoms with Crippen LogP contribution in [-0.2, 0) is 9.59 Å². The van der Waals surface area contributed by atoms with Crippen molar-refractivity contribution in [3.8, 4) is 0 Å². The second-order valence-electron chi connectivity index (χ2n) is 6.30. The maximum absolute atomic E-state index is 12.5. The van der Waals surface area contributed by atoms with Crippen LogP contribution in [0.25, 0.3) is 0 Å². The number of hydrogen-bond donors (Lipinski definition) is 2. The van der Waals surface area contributed by atoms with Crippen LogP contribution in [0.15, 0.2) is 30.3 Å². The fraction of sp³-hybridized carbons (Fsp3) is 0.526. The normalized spacial score (nSPS) is 15.0. The summed E-state index contributed by atoms with van der Waals surface area (Å²) in [6, 6.07) is 8.35. The van der Waals surface area contributed by atoms with E-state index in [2.05, 4.69) is 10.6 Å². The molecule has 0 saturated carbocycles. The quantitative estimate of drug-likeness (QED) is 0.608. The number of likely N-dealkylation sites (tertiary alicyclic amines) is 1. The van der Waals surface area contributed by atoms with Crippen molar-refractivity contribution in [3.63, 3.8) is 0 Å². The molecule has 3 amide bonds. The van der Waals surface area contributed by atoms with Gasteiger partial charge in [0.2, 0.25) is 11.8 Å². The molecule has 6 nitrogen and oxygen atoms in total. The molecule has 1 fully saturated rings. The van der Waals surface area contributed by atoms with Crippen LogP contribution in [-0.4, -0.2) is 60.3 Å². The Morgan fingerprint density at radius 2 is 2.04 bits per heavy atom. The minimum Gasteiger partial charge on any atom is -0.354 e. The second-order valence-corrected chi connectivity index (χ2v) is 7.29. The first-order chi connectivity index (χ1) is 12.6. The van der Waals surface area contributed by atoms with Gasteiger partial charge in [-0.3, -0.25) is 14.4 Å². The third kappa shape index (κ3) is 6.37. The van der Waals surface area contributed by atoms with Crippen LogP contribution in [0.1, 0.15) is 36.0 Å². The Morgan fingerprint density at radius 1 is 1.27 bits per heavy atom. The molecule has 0 bridgehead atoms. The smallest absolute Gasteiger partial charge is 0.251 e. The SMILES string of the molecule is CSCCC(NC(=O)c1ccccc1)C(=O)NCCCN1CCCC1=O. The molecule has 2 rings (SSSR count). The minimum atomic E-state index is -0.552. The zero-order valence-electron chi connectivity index (χ0n) is 15.2. The molecule has 1 heterocycles. The molecule has 26 heavy (non-hydrogen) atoms. The summed E-state index contributed by atoms with van der Waals surface area (Å²) >= 11 is 1.64. The van der Waals surface area contributed by atoms with Crippen LogP contribution >= 0.6 is 11.8 Å². The van der Waals surface area contributed by atoms with Gasteiger partial charge in [-0.05, 0) is 43.4 Å². The average Bonchev–Trinajstić information content (AvgIpc) is 3.07. The monoisotopic (exact) mass is 377 g/mol. The maximum Gasteiger partial charge on any atom is 0.251 e. The van der Waals surface area contributed by atoms with E-state index in [0.29, 0.717) is 31.5 Å². The highest BCUT2D eigenvalue weighted by Crippen LogP contribution is 2.09. The van der Waals surface area contributed by atoms with Gasteiger partial charge in [0, 0.05) is 31.6 Å². The Hall–Kier alpha value is -2.02. The highest BCUT2D eigenvalue weighted by molar-refractivity contribution is 7.98. The fourth-order valence-electron chi connectivity index (χ4n) is 2.88. The second kappa shape index (κ2) is 10.9. The van der Waals surface area contributed by atoms with Crippen LogP contribution in [0.5, 0.6) is 0 Å². The number of nitrogens with zero attached hydrogens (tertiary/aromatic N) is 1. The molecule has 7 heteroatoms. The Balaban J connectivity index is 1.79. The third-order valence-electron chi connectivity index (χ3n) is 4.34. The number of benzene rings is 1. The van der Waals surface area contributed by atoms with Crippen LogP contribution < -0.4 is 10.6 Å². The van der Waals surface area contributed by atoms with Gasteiger partial charge in [0.05, 0.1) is 0 Å². The predicted octanol–water partition coefficient (Wildman–Crippen LogP) is 1.67. The van der Waals surface area contributed by atoms with Crippen LogP contribution in [0.4, 0.5) is 0 Å². The van der Waals surface area contributed by atoms with Crippen molar-refractivity contribution < 1.29 is 14.4 Å². The summed E-state index contributed by atoms with van der Waals surface area (Å²) in [5, 5.41) is 5.71. The standard InChI is InChI=1S/C19H27N3O3S/c1-26-14-10-16(21-18(24)15-7-3-2-4-8-15)19(25)20-11-6-13-22-12-5-9-17(22)23/h2-4,7-8,16H,5-6,9-14H2,1H3,(H,20,25)(H,21,24). The zero-order valence-corrected chi connectivity index (χ0v) is 16.0. The summed E-state index contributed by atoms with van der Waals surface area (Å²) in [5.74, 6) is 0.574. The first-order valence-electron chi connectivity index (χ1n) is 9.02. The Bertz CT molecular complexity index is 609. The Kier molecular flexibility index (Phi) is 8.47. The molecule has 1 aliphatic rings. The number of carbonyl (C=O) groups is 3. The summed E-state index contributed by atoms with van der Waals surface area (Å²) in [4.78, 5) is 38.2. The molecular formula is C19H27N3O3S. The number of thioether (sulfide) groups is 1. The maximum atomic E-state index is 12.5. The molecule has 0 radical (unpaired) electrons. The third-order valence-corrected chi connectivity index (χ3v) is 4.99. The molecule has 1 aliphatic heterocycles. The molecular weight excluding hydrogens is 350 g/mol. The van der Waals surface area contributed by atoms with Crippen molar-refractivity contribution in [1.29, 1.82) is 0 Å². The van der Waals surface area contributed by atoms with Gasteiger partial charge < -0.3 is 15.5 Å². The number of carbonyl (C=O) groups excluding carboxylic acids is 3. The largest absolute Gasteiger partial charge is 0.354 e. The average molecular weight is 378 g/mol. The lowest BCUT2D eigenvalue weighted by Crippen LogP contribution is -2.47. The first kappa shape index (κ1) is 20.3. The highest BCUT2D eigenvalue weighted by atomic mass is 32.2. The molecule has 142 valence electrons. The zero-order chi connectivity index (χ0) is 18.8. The lowest BCUT2D eigenvalue weighted by Gasteiger charge is -2.19. The lowest BCUT2D eigenvalue weighted by atomic mass is 10.1. The van der Waals surface area contributed by atoms with Crippen LogP contribution in [0.2, 0.25) is 0 Å². The highest BCUT2D eigenvalue weighted by Gasteiger charge is 2.22. The molecule has 2 N–H and O–H groups in total. The van der Waals surface area contributed by atoms with Gasteiger partial charge in [-0.2, -0.15) is 11.8 Å². The van der Waals surface area contributed by atoms with Crippen molar-refractivity contribution in [2.24, 2.45) is 0 Å². The van der Waals surface area contributed by atoms with E-state index in [4.69, 9.17) is 0 Å². The Morgan fingerprint density at radius 3 is 2.69 bits per heavy atom. The van der Waals surface area contributed by atoms with Gasteiger partial charge in [-0.1, -0.05) is 18.2 Å². The molecule has 1 unspecified atom stereocenters. The predicted molar refractivity (Wildman–Crippen MR) is 104 cm³/mol.